The minimum atomic E-state index is -0.527. The molecule has 0 heterocycles. The van der Waals surface area contributed by atoms with E-state index in [2.05, 4.69) is 18.1 Å². The Morgan fingerprint density at radius 1 is 1.21 bits per heavy atom. The summed E-state index contributed by atoms with van der Waals surface area (Å²) in [4.78, 5) is 2.06. The van der Waals surface area contributed by atoms with Gasteiger partial charge in [-0.15, -0.1) is 13.2 Å². The van der Waals surface area contributed by atoms with Crippen molar-refractivity contribution in [3.63, 3.8) is 0 Å². The van der Waals surface area contributed by atoms with Crippen molar-refractivity contribution in [2.24, 2.45) is 0 Å². The number of ether oxygens (including phenoxy) is 1. The molecule has 1 aromatic rings. The van der Waals surface area contributed by atoms with Crippen LogP contribution in [-0.2, 0) is 0 Å². The van der Waals surface area contributed by atoms with E-state index in [1.807, 2.05) is 43.3 Å². The Bertz CT molecular complexity index is 376. The molecule has 0 saturated heterocycles. The Hall–Kier alpha value is -1.58. The van der Waals surface area contributed by atoms with Crippen LogP contribution in [-0.4, -0.2) is 42.4 Å². The lowest BCUT2D eigenvalue weighted by Crippen LogP contribution is -2.35. The van der Waals surface area contributed by atoms with E-state index in [1.165, 1.54) is 5.56 Å². The Morgan fingerprint density at radius 2 is 1.79 bits per heavy atom. The van der Waals surface area contributed by atoms with Crippen LogP contribution in [0.2, 0.25) is 0 Å². The molecule has 3 heteroatoms. The number of hydrogen-bond donors (Lipinski definition) is 1. The minimum absolute atomic E-state index is 0.286. The average Bonchev–Trinajstić information content (AvgIpc) is 2.39. The van der Waals surface area contributed by atoms with Gasteiger partial charge in [0.2, 0.25) is 0 Å². The van der Waals surface area contributed by atoms with Crippen LogP contribution in [0.1, 0.15) is 5.56 Å². The van der Waals surface area contributed by atoms with Gasteiger partial charge in [0.15, 0.2) is 0 Å². The average molecular weight is 261 g/mol. The predicted molar refractivity (Wildman–Crippen MR) is 79.5 cm³/mol. The molecule has 1 N–H and O–H groups in total. The third-order valence-electron chi connectivity index (χ3n) is 2.71. The molecule has 19 heavy (non-hydrogen) atoms. The van der Waals surface area contributed by atoms with Crippen LogP contribution in [0.5, 0.6) is 5.75 Å². The van der Waals surface area contributed by atoms with E-state index >= 15 is 0 Å². The van der Waals surface area contributed by atoms with Crippen molar-refractivity contribution in [2.45, 2.75) is 13.0 Å². The quantitative estimate of drug-likeness (QED) is 0.693. The van der Waals surface area contributed by atoms with E-state index in [0.717, 1.165) is 18.8 Å². The molecule has 104 valence electrons. The molecule has 0 aliphatic heterocycles. The van der Waals surface area contributed by atoms with Crippen molar-refractivity contribution in [3.8, 4) is 5.75 Å². The van der Waals surface area contributed by atoms with Crippen LogP contribution in [0.4, 0.5) is 0 Å². The topological polar surface area (TPSA) is 32.7 Å². The maximum Gasteiger partial charge on any atom is 0.119 e. The largest absolute Gasteiger partial charge is 0.491 e. The molecular formula is C16H23NO2. The maximum atomic E-state index is 9.95. The van der Waals surface area contributed by atoms with Gasteiger partial charge in [0.05, 0.1) is 0 Å². The molecule has 0 spiro atoms. The number of rotatable bonds is 9. The summed E-state index contributed by atoms with van der Waals surface area (Å²) in [7, 11) is 0. The van der Waals surface area contributed by atoms with Gasteiger partial charge < -0.3 is 9.84 Å². The zero-order valence-electron chi connectivity index (χ0n) is 11.6. The molecule has 1 aromatic carbocycles. The highest BCUT2D eigenvalue weighted by Gasteiger charge is 2.10. The standard InChI is InChI=1S/C16H23NO2/c1-4-10-17(11-5-2)12-15(18)13-19-16-8-6-14(3)7-9-16/h4-9,15,18H,1-2,10-13H2,3H3. The fourth-order valence-electron chi connectivity index (χ4n) is 1.77. The minimum Gasteiger partial charge on any atom is -0.491 e. The van der Waals surface area contributed by atoms with Crippen molar-refractivity contribution in [1.29, 1.82) is 0 Å². The summed E-state index contributed by atoms with van der Waals surface area (Å²) in [6, 6.07) is 7.80. The third-order valence-corrected chi connectivity index (χ3v) is 2.71. The Kier molecular flexibility index (Phi) is 6.93. The Balaban J connectivity index is 2.37. The first-order valence-corrected chi connectivity index (χ1v) is 6.47. The molecule has 0 fully saturated rings. The monoisotopic (exact) mass is 261 g/mol. The Morgan fingerprint density at radius 3 is 2.32 bits per heavy atom. The van der Waals surface area contributed by atoms with Crippen LogP contribution in [0.25, 0.3) is 0 Å². The molecule has 0 bridgehead atoms. The summed E-state index contributed by atoms with van der Waals surface area (Å²) in [6.07, 6.45) is 3.11. The molecule has 1 rings (SSSR count). The second-order valence-electron chi connectivity index (χ2n) is 4.57. The van der Waals surface area contributed by atoms with E-state index in [-0.39, 0.29) is 6.61 Å². The van der Waals surface area contributed by atoms with Crippen LogP contribution < -0.4 is 4.74 Å². The first-order valence-electron chi connectivity index (χ1n) is 6.47. The molecule has 0 saturated carbocycles. The molecular weight excluding hydrogens is 238 g/mol. The Labute approximate surface area is 115 Å². The van der Waals surface area contributed by atoms with Crippen molar-refractivity contribution in [3.05, 3.63) is 55.1 Å². The smallest absolute Gasteiger partial charge is 0.119 e. The summed E-state index contributed by atoms with van der Waals surface area (Å²) < 4.78 is 5.55. The highest BCUT2D eigenvalue weighted by Crippen LogP contribution is 2.11. The number of aryl methyl sites for hydroxylation is 1. The fraction of sp³-hybridized carbons (Fsp3) is 0.375. The van der Waals surface area contributed by atoms with E-state index in [1.54, 1.807) is 0 Å². The van der Waals surface area contributed by atoms with Gasteiger partial charge in [-0.2, -0.15) is 0 Å². The van der Waals surface area contributed by atoms with Crippen LogP contribution in [0, 0.1) is 6.92 Å². The summed E-state index contributed by atoms with van der Waals surface area (Å²) >= 11 is 0. The first kappa shape index (κ1) is 15.5. The van der Waals surface area contributed by atoms with E-state index in [0.29, 0.717) is 6.54 Å². The number of aliphatic hydroxyl groups excluding tert-OH is 1. The van der Waals surface area contributed by atoms with Crippen molar-refractivity contribution in [1.82, 2.24) is 4.90 Å². The SMILES string of the molecule is C=CCN(CC=C)CC(O)COc1ccc(C)cc1. The molecule has 0 radical (unpaired) electrons. The summed E-state index contributed by atoms with van der Waals surface area (Å²) in [6.45, 7) is 11.7. The summed E-state index contributed by atoms with van der Waals surface area (Å²) in [5.74, 6) is 0.781. The second-order valence-corrected chi connectivity index (χ2v) is 4.57. The maximum absolute atomic E-state index is 9.95. The van der Waals surface area contributed by atoms with Crippen LogP contribution in [0.3, 0.4) is 0 Å². The normalized spacial score (nSPS) is 12.2. The van der Waals surface area contributed by atoms with Gasteiger partial charge >= 0.3 is 0 Å². The zero-order chi connectivity index (χ0) is 14.1. The predicted octanol–water partition coefficient (Wildman–Crippen LogP) is 2.41. The van der Waals surface area contributed by atoms with Gasteiger partial charge in [-0.3, -0.25) is 4.90 Å². The summed E-state index contributed by atoms with van der Waals surface area (Å²) in [5, 5.41) is 9.95. The van der Waals surface area contributed by atoms with Crippen molar-refractivity contribution >= 4 is 0 Å². The lowest BCUT2D eigenvalue weighted by molar-refractivity contribution is 0.0755. The number of aliphatic hydroxyl groups is 1. The van der Waals surface area contributed by atoms with E-state index < -0.39 is 6.10 Å². The van der Waals surface area contributed by atoms with E-state index in [9.17, 15) is 5.11 Å². The lowest BCUT2D eigenvalue weighted by Gasteiger charge is -2.22. The molecule has 0 aliphatic carbocycles. The molecule has 1 unspecified atom stereocenters. The van der Waals surface area contributed by atoms with Crippen LogP contribution >= 0.6 is 0 Å². The van der Waals surface area contributed by atoms with Gasteiger partial charge in [0.1, 0.15) is 18.5 Å². The third kappa shape index (κ3) is 6.22. The highest BCUT2D eigenvalue weighted by molar-refractivity contribution is 5.26. The molecule has 0 aromatic heterocycles. The zero-order valence-corrected chi connectivity index (χ0v) is 11.6. The number of nitrogens with zero attached hydrogens (tertiary/aromatic N) is 1. The highest BCUT2D eigenvalue weighted by atomic mass is 16.5. The summed E-state index contributed by atoms with van der Waals surface area (Å²) in [5.41, 5.74) is 1.19. The second kappa shape index (κ2) is 8.51. The molecule has 0 amide bonds. The molecule has 3 nitrogen and oxygen atoms in total. The van der Waals surface area contributed by atoms with Crippen LogP contribution in [0.15, 0.2) is 49.6 Å². The van der Waals surface area contributed by atoms with Gasteiger partial charge in [0.25, 0.3) is 0 Å². The van der Waals surface area contributed by atoms with Gasteiger partial charge in [-0.05, 0) is 19.1 Å². The molecule has 1 atom stereocenters. The number of benzene rings is 1. The molecule has 0 aliphatic rings. The van der Waals surface area contributed by atoms with Gasteiger partial charge in [-0.25, -0.2) is 0 Å². The number of hydrogen-bond acceptors (Lipinski definition) is 3. The van der Waals surface area contributed by atoms with Crippen molar-refractivity contribution in [2.75, 3.05) is 26.2 Å². The fourth-order valence-corrected chi connectivity index (χ4v) is 1.77. The van der Waals surface area contributed by atoms with E-state index in [4.69, 9.17) is 4.74 Å². The van der Waals surface area contributed by atoms with Gasteiger partial charge in [0, 0.05) is 19.6 Å². The van der Waals surface area contributed by atoms with Gasteiger partial charge in [-0.1, -0.05) is 29.8 Å². The van der Waals surface area contributed by atoms with Crippen molar-refractivity contribution < 1.29 is 9.84 Å². The first-order chi connectivity index (χ1) is 9.15. The lowest BCUT2D eigenvalue weighted by atomic mass is 10.2.